The van der Waals surface area contributed by atoms with Crippen molar-refractivity contribution in [3.8, 4) is 0 Å². The van der Waals surface area contributed by atoms with Crippen molar-refractivity contribution in [2.24, 2.45) is 0 Å². The Bertz CT molecular complexity index is 695. The summed E-state index contributed by atoms with van der Waals surface area (Å²) < 4.78 is 0. The molecular formula is C15H14N2O4. The number of nitro benzene ring substituents is 1. The van der Waals surface area contributed by atoms with Crippen LogP contribution in [0.4, 0.5) is 17.1 Å². The number of nitro groups is 1. The molecule has 108 valence electrons. The van der Waals surface area contributed by atoms with E-state index in [9.17, 15) is 14.9 Å². The first-order valence-corrected chi connectivity index (χ1v) is 6.23. The Morgan fingerprint density at radius 3 is 2.33 bits per heavy atom. The lowest BCUT2D eigenvalue weighted by molar-refractivity contribution is -0.384. The van der Waals surface area contributed by atoms with E-state index in [1.54, 1.807) is 49.2 Å². The molecule has 0 unspecified atom stereocenters. The van der Waals surface area contributed by atoms with Gasteiger partial charge in [0.15, 0.2) is 0 Å². The van der Waals surface area contributed by atoms with Gasteiger partial charge in [0.1, 0.15) is 5.69 Å². The number of carboxylic acids is 1. The maximum absolute atomic E-state index is 11.2. The van der Waals surface area contributed by atoms with Crippen LogP contribution in [0.2, 0.25) is 0 Å². The molecule has 0 saturated heterocycles. The molecule has 2 rings (SSSR count). The number of anilines is 2. The molecular weight excluding hydrogens is 272 g/mol. The van der Waals surface area contributed by atoms with E-state index in [1.165, 1.54) is 12.1 Å². The van der Waals surface area contributed by atoms with E-state index in [4.69, 9.17) is 5.11 Å². The highest BCUT2D eigenvalue weighted by atomic mass is 16.6. The van der Waals surface area contributed by atoms with Gasteiger partial charge in [0.25, 0.3) is 5.69 Å². The summed E-state index contributed by atoms with van der Waals surface area (Å²) in [6.07, 6.45) is 0. The molecule has 0 spiro atoms. The highest BCUT2D eigenvalue weighted by molar-refractivity contribution is 5.88. The van der Waals surface area contributed by atoms with Gasteiger partial charge in [-0.25, -0.2) is 4.79 Å². The lowest BCUT2D eigenvalue weighted by atomic mass is 10.1. The molecule has 0 atom stereocenters. The number of aryl methyl sites for hydroxylation is 1. The Hall–Kier alpha value is -2.89. The lowest BCUT2D eigenvalue weighted by Gasteiger charge is -2.20. The Morgan fingerprint density at radius 2 is 1.81 bits per heavy atom. The number of para-hydroxylation sites is 1. The lowest BCUT2D eigenvalue weighted by Crippen LogP contribution is -2.12. The third kappa shape index (κ3) is 2.84. The molecule has 0 aliphatic carbocycles. The number of hydrogen-bond donors (Lipinski definition) is 1. The second-order valence-corrected chi connectivity index (χ2v) is 4.61. The third-order valence-corrected chi connectivity index (χ3v) is 3.26. The van der Waals surface area contributed by atoms with Crippen LogP contribution in [0.25, 0.3) is 0 Å². The van der Waals surface area contributed by atoms with E-state index in [2.05, 4.69) is 0 Å². The van der Waals surface area contributed by atoms with Crippen LogP contribution in [0.3, 0.4) is 0 Å². The highest BCUT2D eigenvalue weighted by Gasteiger charge is 2.20. The number of nitrogens with zero attached hydrogens (tertiary/aromatic N) is 2. The zero-order valence-corrected chi connectivity index (χ0v) is 11.6. The fourth-order valence-electron chi connectivity index (χ4n) is 2.12. The fourth-order valence-corrected chi connectivity index (χ4v) is 2.12. The van der Waals surface area contributed by atoms with Crippen LogP contribution >= 0.6 is 0 Å². The number of hydrogen-bond acceptors (Lipinski definition) is 4. The molecule has 0 saturated carbocycles. The minimum atomic E-state index is -1.01. The second-order valence-electron chi connectivity index (χ2n) is 4.61. The van der Waals surface area contributed by atoms with Gasteiger partial charge in [-0.15, -0.1) is 0 Å². The van der Waals surface area contributed by atoms with E-state index < -0.39 is 10.9 Å². The fraction of sp³-hybridized carbons (Fsp3) is 0.133. The van der Waals surface area contributed by atoms with Crippen molar-refractivity contribution in [1.82, 2.24) is 0 Å². The summed E-state index contributed by atoms with van der Waals surface area (Å²) in [5, 5.41) is 20.1. The monoisotopic (exact) mass is 286 g/mol. The number of rotatable bonds is 4. The van der Waals surface area contributed by atoms with Crippen LogP contribution in [0.15, 0.2) is 42.5 Å². The summed E-state index contributed by atoms with van der Waals surface area (Å²) in [4.78, 5) is 23.3. The second kappa shape index (κ2) is 5.62. The first kappa shape index (κ1) is 14.5. The van der Waals surface area contributed by atoms with Gasteiger partial charge < -0.3 is 10.0 Å². The van der Waals surface area contributed by atoms with Gasteiger partial charge in [-0.2, -0.15) is 0 Å². The van der Waals surface area contributed by atoms with Crippen molar-refractivity contribution in [2.75, 3.05) is 11.9 Å². The standard InChI is InChI=1S/C15H14N2O4/c1-10-4-3-5-13(14(10)17(20)21)16(2)12-8-6-11(7-9-12)15(18)19/h3-9H,1-2H3,(H,18,19). The van der Waals surface area contributed by atoms with Gasteiger partial charge in [-0.3, -0.25) is 10.1 Å². The molecule has 0 radical (unpaired) electrons. The summed E-state index contributed by atoms with van der Waals surface area (Å²) >= 11 is 0. The molecule has 0 aromatic heterocycles. The summed E-state index contributed by atoms with van der Waals surface area (Å²) in [5.74, 6) is -1.01. The SMILES string of the molecule is Cc1cccc(N(C)c2ccc(C(=O)O)cc2)c1[N+](=O)[O-]. The summed E-state index contributed by atoms with van der Waals surface area (Å²) in [6, 6.07) is 11.3. The van der Waals surface area contributed by atoms with Gasteiger partial charge >= 0.3 is 5.97 Å². The van der Waals surface area contributed by atoms with Crippen LogP contribution in [0, 0.1) is 17.0 Å². The molecule has 6 heteroatoms. The van der Waals surface area contributed by atoms with Crippen LogP contribution in [-0.4, -0.2) is 23.0 Å². The van der Waals surface area contributed by atoms with Crippen LogP contribution in [0.5, 0.6) is 0 Å². The topological polar surface area (TPSA) is 83.7 Å². The van der Waals surface area contributed by atoms with Crippen LogP contribution in [-0.2, 0) is 0 Å². The molecule has 0 bridgehead atoms. The Labute approximate surface area is 121 Å². The largest absolute Gasteiger partial charge is 0.478 e. The zero-order chi connectivity index (χ0) is 15.6. The van der Waals surface area contributed by atoms with Gasteiger partial charge in [0, 0.05) is 18.3 Å². The average molecular weight is 286 g/mol. The first-order chi connectivity index (χ1) is 9.91. The van der Waals surface area contributed by atoms with E-state index >= 15 is 0 Å². The maximum Gasteiger partial charge on any atom is 0.335 e. The molecule has 0 aliphatic rings. The minimum absolute atomic E-state index is 0.0438. The molecule has 2 aromatic carbocycles. The van der Waals surface area contributed by atoms with E-state index in [1.807, 2.05) is 0 Å². The van der Waals surface area contributed by atoms with E-state index in [-0.39, 0.29) is 11.3 Å². The van der Waals surface area contributed by atoms with Crippen molar-refractivity contribution < 1.29 is 14.8 Å². The molecule has 0 heterocycles. The number of benzene rings is 2. The van der Waals surface area contributed by atoms with Crippen LogP contribution < -0.4 is 4.90 Å². The molecule has 2 aromatic rings. The van der Waals surface area contributed by atoms with E-state index in [0.717, 1.165) is 0 Å². The summed E-state index contributed by atoms with van der Waals surface area (Å²) in [5.41, 5.74) is 1.93. The van der Waals surface area contributed by atoms with E-state index in [0.29, 0.717) is 16.9 Å². The summed E-state index contributed by atoms with van der Waals surface area (Å²) in [7, 11) is 1.71. The first-order valence-electron chi connectivity index (χ1n) is 6.23. The van der Waals surface area contributed by atoms with Gasteiger partial charge in [-0.05, 0) is 37.3 Å². The quantitative estimate of drug-likeness (QED) is 0.688. The van der Waals surface area contributed by atoms with Crippen molar-refractivity contribution >= 4 is 23.0 Å². The average Bonchev–Trinajstić information content (AvgIpc) is 2.46. The number of carbonyl (C=O) groups is 1. The molecule has 0 aliphatic heterocycles. The molecule has 0 amide bonds. The summed E-state index contributed by atoms with van der Waals surface area (Å²) in [6.45, 7) is 1.68. The normalized spacial score (nSPS) is 10.2. The predicted octanol–water partition coefficient (Wildman–Crippen LogP) is 3.37. The molecule has 1 N–H and O–H groups in total. The third-order valence-electron chi connectivity index (χ3n) is 3.26. The minimum Gasteiger partial charge on any atom is -0.478 e. The van der Waals surface area contributed by atoms with Crippen LogP contribution in [0.1, 0.15) is 15.9 Å². The Balaban J connectivity index is 2.45. The molecule has 0 fully saturated rings. The van der Waals surface area contributed by atoms with Crippen molar-refractivity contribution in [2.45, 2.75) is 6.92 Å². The van der Waals surface area contributed by atoms with Crippen molar-refractivity contribution in [3.05, 3.63) is 63.7 Å². The molecule has 6 nitrogen and oxygen atoms in total. The Morgan fingerprint density at radius 1 is 1.19 bits per heavy atom. The molecule has 21 heavy (non-hydrogen) atoms. The van der Waals surface area contributed by atoms with Gasteiger partial charge in [0.2, 0.25) is 0 Å². The maximum atomic E-state index is 11.2. The number of carboxylic acid groups (broad SMARTS) is 1. The zero-order valence-electron chi connectivity index (χ0n) is 11.6. The van der Waals surface area contributed by atoms with Crippen molar-refractivity contribution in [3.63, 3.8) is 0 Å². The Kier molecular flexibility index (Phi) is 3.89. The smallest absolute Gasteiger partial charge is 0.335 e. The highest BCUT2D eigenvalue weighted by Crippen LogP contribution is 2.34. The number of aromatic carboxylic acids is 1. The van der Waals surface area contributed by atoms with Crippen molar-refractivity contribution in [1.29, 1.82) is 0 Å². The van der Waals surface area contributed by atoms with Gasteiger partial charge in [-0.1, -0.05) is 12.1 Å². The van der Waals surface area contributed by atoms with Gasteiger partial charge in [0.05, 0.1) is 10.5 Å². The predicted molar refractivity (Wildman–Crippen MR) is 79.3 cm³/mol.